The first-order valence-corrected chi connectivity index (χ1v) is 12.1. The Hall–Kier alpha value is -2.25. The fraction of sp³-hybridized carbons (Fsp3) is 0.500. The average Bonchev–Trinajstić information content (AvgIpc) is 3.81. The van der Waals surface area contributed by atoms with E-state index in [0.717, 1.165) is 37.6 Å². The molecule has 4 rings (SSSR count). The van der Waals surface area contributed by atoms with Gasteiger partial charge in [-0.2, -0.15) is 11.3 Å². The predicted octanol–water partition coefficient (Wildman–Crippen LogP) is 4.96. The zero-order chi connectivity index (χ0) is 27.6. The molecule has 2 fully saturated rings. The fourth-order valence-corrected chi connectivity index (χ4v) is 3.24. The molecule has 38 heavy (non-hydrogen) atoms. The molecule has 14 heteroatoms. The first-order valence-electron chi connectivity index (χ1n) is 11.7. The number of ether oxygens (including phenoxy) is 2. The summed E-state index contributed by atoms with van der Waals surface area (Å²) in [5.41, 5.74) is 0.822. The van der Waals surface area contributed by atoms with Crippen molar-refractivity contribution in [1.82, 2.24) is 20.5 Å². The van der Waals surface area contributed by atoms with Crippen LogP contribution in [0, 0.1) is 0 Å². The monoisotopic (exact) mass is 630 g/mol. The Labute approximate surface area is 250 Å². The van der Waals surface area contributed by atoms with Crippen molar-refractivity contribution in [2.45, 2.75) is 64.3 Å². The number of carbonyl (C=O) groups is 2. The van der Waals surface area contributed by atoms with Crippen LogP contribution >= 0.6 is 0 Å². The number of halogens is 3. The average molecular weight is 631 g/mol. The van der Waals surface area contributed by atoms with Gasteiger partial charge in [-0.3, -0.25) is 9.89 Å². The Morgan fingerprint density at radius 3 is 2.34 bits per heavy atom. The number of benzene rings is 1. The molecule has 2 aliphatic carbocycles. The van der Waals surface area contributed by atoms with Crippen molar-refractivity contribution >= 4 is 24.5 Å². The van der Waals surface area contributed by atoms with Gasteiger partial charge < -0.3 is 32.7 Å². The number of hydrogen-bond acceptors (Lipinski definition) is 7. The molecule has 2 saturated carbocycles. The van der Waals surface area contributed by atoms with E-state index < -0.39 is 18.2 Å². The number of carbonyl (C=O) groups excluding carboxylic acids is 2. The minimum Gasteiger partial charge on any atom is -0.775 e. The third-order valence-corrected chi connectivity index (χ3v) is 5.29. The fourth-order valence-electron chi connectivity index (χ4n) is 3.05. The zero-order valence-electron chi connectivity index (χ0n) is 21.6. The summed E-state index contributed by atoms with van der Waals surface area (Å²) in [7, 11) is 2.81. The van der Waals surface area contributed by atoms with Crippen molar-refractivity contribution in [3.05, 3.63) is 57.4 Å². The topological polar surface area (TPSA) is 120 Å². The first kappa shape index (κ1) is 33.8. The van der Waals surface area contributed by atoms with Gasteiger partial charge in [0.05, 0.1) is 13.7 Å². The molecule has 207 valence electrons. The van der Waals surface area contributed by atoms with Crippen LogP contribution in [0.3, 0.4) is 0 Å². The van der Waals surface area contributed by atoms with Crippen LogP contribution in [0.2, 0.25) is 0 Å². The van der Waals surface area contributed by atoms with Gasteiger partial charge in [0.25, 0.3) is 5.91 Å². The van der Waals surface area contributed by atoms with Gasteiger partial charge in [0.15, 0.2) is 5.82 Å². The van der Waals surface area contributed by atoms with Crippen molar-refractivity contribution in [3.63, 3.8) is 0 Å². The van der Waals surface area contributed by atoms with Crippen molar-refractivity contribution in [1.29, 1.82) is 0 Å². The molecular formula is C24H30F3N5O4SY-2. The summed E-state index contributed by atoms with van der Waals surface area (Å²) in [6.45, 7) is 4.13. The largest absolute Gasteiger partial charge is 0.775 e. The quantitative estimate of drug-likeness (QED) is 0.240. The third kappa shape index (κ3) is 11.6. The number of esters is 1. The number of aromatic amines is 1. The van der Waals surface area contributed by atoms with Crippen LogP contribution in [0.4, 0.5) is 13.2 Å². The van der Waals surface area contributed by atoms with E-state index in [1.807, 2.05) is 13.8 Å². The number of hydrogen-bond donors (Lipinski definition) is 2. The van der Waals surface area contributed by atoms with Crippen LogP contribution in [0.1, 0.15) is 78.9 Å². The van der Waals surface area contributed by atoms with Crippen LogP contribution in [-0.2, 0) is 61.4 Å². The molecule has 0 spiro atoms. The number of methoxy groups -OCH3 is 1. The van der Waals surface area contributed by atoms with E-state index in [-0.39, 0.29) is 61.4 Å². The van der Waals surface area contributed by atoms with Crippen LogP contribution < -0.4 is 10.1 Å². The van der Waals surface area contributed by atoms with Crippen molar-refractivity contribution < 1.29 is 64.9 Å². The second-order valence-electron chi connectivity index (χ2n) is 7.95. The number of amides is 1. The molecule has 1 aromatic carbocycles. The van der Waals surface area contributed by atoms with Gasteiger partial charge in [-0.15, -0.1) is 25.1 Å². The zero-order valence-corrected chi connectivity index (χ0v) is 25.2. The van der Waals surface area contributed by atoms with Gasteiger partial charge in [0.2, 0.25) is 0 Å². The number of H-pyrrole nitrogens is 1. The van der Waals surface area contributed by atoms with E-state index in [1.165, 1.54) is 26.4 Å². The van der Waals surface area contributed by atoms with Crippen LogP contribution in [-0.4, -0.2) is 47.6 Å². The second kappa shape index (κ2) is 16.0. The summed E-state index contributed by atoms with van der Waals surface area (Å²) >= 11 is 4.55. The Kier molecular flexibility index (Phi) is 14.2. The molecule has 0 unspecified atom stereocenters. The minimum atomic E-state index is -4.80. The van der Waals surface area contributed by atoms with E-state index >= 15 is 0 Å². The smallest absolute Gasteiger partial charge is 0.573 e. The Bertz CT molecular complexity index is 1090. The summed E-state index contributed by atoms with van der Waals surface area (Å²) < 4.78 is 45.9. The molecule has 0 atom stereocenters. The third-order valence-electron chi connectivity index (χ3n) is 5.01. The molecule has 2 N–H and O–H groups in total. The van der Waals surface area contributed by atoms with Gasteiger partial charge in [-0.25, -0.2) is 9.78 Å². The number of alkyl halides is 3. The Morgan fingerprint density at radius 2 is 1.82 bits per heavy atom. The standard InChI is InChI=1S/C17H17F3N4O2.C5H9NO2S.C2H6.Y/c18-17(19,20)26-13-6-11(9-1-2-9)5-12(7-13)16(25)21-8-14-22-15(24-23-14)10-3-4-10;1-6-3-4(9)5(7)8-2;1-2;/h5-7,9-10H,1-4,8H2,(H,21,25)(H,22,23,24);3H,1-2H3,(H2,6,7,9);1-2H3;/p-2. The second-order valence-corrected chi connectivity index (χ2v) is 8.39. The van der Waals surface area contributed by atoms with E-state index in [4.69, 9.17) is 0 Å². The van der Waals surface area contributed by atoms with Gasteiger partial charge in [-0.1, -0.05) is 13.8 Å². The number of rotatable bonds is 8. The van der Waals surface area contributed by atoms with Crippen molar-refractivity contribution in [3.8, 4) is 5.75 Å². The van der Waals surface area contributed by atoms with Gasteiger partial charge >= 0.3 is 12.3 Å². The molecule has 2 aromatic rings. The molecule has 0 aliphatic heterocycles. The summed E-state index contributed by atoms with van der Waals surface area (Å²) in [6.07, 6.45) is 0.423. The van der Waals surface area contributed by atoms with Crippen molar-refractivity contribution in [2.24, 2.45) is 0 Å². The normalized spacial score (nSPS) is 14.4. The summed E-state index contributed by atoms with van der Waals surface area (Å²) in [5.74, 6) is 0.472. The molecule has 1 radical (unpaired) electrons. The molecule has 1 aromatic heterocycles. The summed E-state index contributed by atoms with van der Waals surface area (Å²) in [6, 6.07) is 4.07. The summed E-state index contributed by atoms with van der Waals surface area (Å²) in [4.78, 5) is 27.2. The summed E-state index contributed by atoms with van der Waals surface area (Å²) in [5, 5.41) is 13.1. The van der Waals surface area contributed by atoms with Gasteiger partial charge in [-0.05, 0) is 55.4 Å². The maximum atomic E-state index is 12.5. The van der Waals surface area contributed by atoms with Gasteiger partial charge in [0, 0.05) is 44.2 Å². The first-order chi connectivity index (χ1) is 17.6. The SMILES string of the molecule is CC.C[N-]/C=C(\[S-])C(=O)OC.O=C(NCc1nc(C2CC2)n[nH]1)c1cc(OC(F)(F)F)cc(C2CC2)c1.[Y]. The van der Waals surface area contributed by atoms with E-state index in [9.17, 15) is 22.8 Å². The molecule has 2 aliphatic rings. The van der Waals surface area contributed by atoms with E-state index in [0.29, 0.717) is 17.3 Å². The molecule has 1 amide bonds. The number of nitrogens with one attached hydrogen (secondary N) is 2. The Morgan fingerprint density at radius 1 is 1.18 bits per heavy atom. The molecule has 1 heterocycles. The maximum Gasteiger partial charge on any atom is 0.573 e. The van der Waals surface area contributed by atoms with Gasteiger partial charge in [0.1, 0.15) is 11.6 Å². The number of nitrogens with zero attached hydrogens (tertiary/aromatic N) is 3. The minimum absolute atomic E-state index is 0. The Balaban J connectivity index is 0.000000517. The molecule has 0 saturated heterocycles. The van der Waals surface area contributed by atoms with Crippen LogP contribution in [0.25, 0.3) is 5.32 Å². The van der Waals surface area contributed by atoms with E-state index in [2.05, 4.69) is 47.9 Å². The molecular weight excluding hydrogens is 600 g/mol. The van der Waals surface area contributed by atoms with Crippen molar-refractivity contribution in [2.75, 3.05) is 14.2 Å². The van der Waals surface area contributed by atoms with Crippen LogP contribution in [0.5, 0.6) is 5.75 Å². The maximum absolute atomic E-state index is 12.5. The number of aromatic nitrogens is 3. The van der Waals surface area contributed by atoms with Crippen LogP contribution in [0.15, 0.2) is 29.3 Å². The molecule has 9 nitrogen and oxygen atoms in total. The predicted molar refractivity (Wildman–Crippen MR) is 133 cm³/mol. The molecule has 0 bridgehead atoms. The van der Waals surface area contributed by atoms with E-state index in [1.54, 1.807) is 6.07 Å².